The number of benzene rings is 1. The number of phenols is 1. The van der Waals surface area contributed by atoms with Gasteiger partial charge in [0.2, 0.25) is 5.91 Å². The molecule has 2 aliphatic rings. The van der Waals surface area contributed by atoms with Crippen LogP contribution >= 0.6 is 0 Å². The fraction of sp³-hybridized carbons (Fsp3) is 0.471. The van der Waals surface area contributed by atoms with Crippen molar-refractivity contribution in [1.82, 2.24) is 9.80 Å². The molecule has 3 heterocycles. The van der Waals surface area contributed by atoms with Crippen LogP contribution in [0.4, 0.5) is 0 Å². The molecule has 0 aliphatic carbocycles. The van der Waals surface area contributed by atoms with Crippen molar-refractivity contribution in [3.63, 3.8) is 0 Å². The maximum absolute atomic E-state index is 11.6. The van der Waals surface area contributed by atoms with Gasteiger partial charge in [-0.25, -0.2) is 0 Å². The molecule has 1 N–H and O–H groups in total. The molecule has 0 unspecified atom stereocenters. The molecule has 1 amide bonds. The predicted molar refractivity (Wildman–Crippen MR) is 82.5 cm³/mol. The van der Waals surface area contributed by atoms with E-state index in [1.54, 1.807) is 25.1 Å². The summed E-state index contributed by atoms with van der Waals surface area (Å²) < 4.78 is 5.89. The molecular weight excluding hydrogens is 280 g/mol. The van der Waals surface area contributed by atoms with E-state index in [9.17, 15) is 9.90 Å². The van der Waals surface area contributed by atoms with Crippen molar-refractivity contribution < 1.29 is 14.3 Å². The lowest BCUT2D eigenvalue weighted by atomic mass is 10.1. The summed E-state index contributed by atoms with van der Waals surface area (Å²) in [5, 5.41) is 10.5. The van der Waals surface area contributed by atoms with Crippen molar-refractivity contribution in [3.05, 3.63) is 30.0 Å². The first-order chi connectivity index (χ1) is 10.6. The van der Waals surface area contributed by atoms with Crippen LogP contribution in [0.5, 0.6) is 5.75 Å². The van der Waals surface area contributed by atoms with Crippen LogP contribution in [-0.2, 0) is 11.3 Å². The normalized spacial score (nSPS) is 25.0. The van der Waals surface area contributed by atoms with E-state index in [0.29, 0.717) is 12.1 Å². The van der Waals surface area contributed by atoms with Gasteiger partial charge in [-0.1, -0.05) is 0 Å². The Hall–Kier alpha value is -2.01. The van der Waals surface area contributed by atoms with Gasteiger partial charge in [0.05, 0.1) is 6.54 Å². The molecule has 0 spiro atoms. The minimum atomic E-state index is 0.177. The van der Waals surface area contributed by atoms with E-state index in [2.05, 4.69) is 4.90 Å². The van der Waals surface area contributed by atoms with E-state index in [1.165, 1.54) is 0 Å². The Morgan fingerprint density at radius 3 is 2.68 bits per heavy atom. The lowest BCUT2D eigenvalue weighted by molar-refractivity contribution is -0.132. The highest BCUT2D eigenvalue weighted by molar-refractivity contribution is 5.79. The summed E-state index contributed by atoms with van der Waals surface area (Å²) >= 11 is 0. The molecule has 2 aliphatic heterocycles. The molecule has 22 heavy (non-hydrogen) atoms. The summed E-state index contributed by atoms with van der Waals surface area (Å²) in [6.45, 7) is 4.08. The van der Waals surface area contributed by atoms with Crippen molar-refractivity contribution in [2.75, 3.05) is 13.1 Å². The smallest absolute Gasteiger partial charge is 0.219 e. The number of carbonyl (C=O) groups is 1. The minimum absolute atomic E-state index is 0.177. The fourth-order valence-corrected chi connectivity index (χ4v) is 3.85. The fourth-order valence-electron chi connectivity index (χ4n) is 3.85. The maximum Gasteiger partial charge on any atom is 0.219 e. The highest BCUT2D eigenvalue weighted by Gasteiger charge is 2.40. The van der Waals surface area contributed by atoms with Crippen LogP contribution in [0, 0.1) is 0 Å². The van der Waals surface area contributed by atoms with E-state index in [4.69, 9.17) is 4.42 Å². The van der Waals surface area contributed by atoms with E-state index >= 15 is 0 Å². The molecule has 0 radical (unpaired) electrons. The third-order valence-electron chi connectivity index (χ3n) is 4.97. The second-order valence-corrected chi connectivity index (χ2v) is 6.42. The van der Waals surface area contributed by atoms with Gasteiger partial charge in [-0.05, 0) is 37.1 Å². The number of piperazine rings is 1. The third kappa shape index (κ3) is 2.25. The van der Waals surface area contributed by atoms with Crippen LogP contribution in [0.2, 0.25) is 0 Å². The van der Waals surface area contributed by atoms with Gasteiger partial charge in [0.25, 0.3) is 0 Å². The Bertz CT molecular complexity index is 710. The first-order valence-corrected chi connectivity index (χ1v) is 7.83. The second kappa shape index (κ2) is 5.02. The molecule has 2 fully saturated rings. The first-order valence-electron chi connectivity index (χ1n) is 7.83. The Labute approximate surface area is 129 Å². The summed E-state index contributed by atoms with van der Waals surface area (Å²) in [6.07, 6.45) is 2.30. The lowest BCUT2D eigenvalue weighted by Crippen LogP contribution is -2.54. The number of rotatable bonds is 2. The molecule has 5 heteroatoms. The molecule has 1 aromatic carbocycles. The van der Waals surface area contributed by atoms with Gasteiger partial charge in [-0.15, -0.1) is 0 Å². The quantitative estimate of drug-likeness (QED) is 0.925. The van der Waals surface area contributed by atoms with E-state index in [-0.39, 0.29) is 11.7 Å². The van der Waals surface area contributed by atoms with Gasteiger partial charge in [-0.3, -0.25) is 9.69 Å². The van der Waals surface area contributed by atoms with Crippen molar-refractivity contribution >= 4 is 16.9 Å². The number of hydrogen-bond donors (Lipinski definition) is 1. The molecule has 0 saturated carbocycles. The van der Waals surface area contributed by atoms with Gasteiger partial charge < -0.3 is 14.4 Å². The average Bonchev–Trinajstić information content (AvgIpc) is 2.95. The molecule has 2 atom stereocenters. The number of hydrogen-bond acceptors (Lipinski definition) is 4. The van der Waals surface area contributed by atoms with Gasteiger partial charge >= 0.3 is 0 Å². The van der Waals surface area contributed by atoms with Crippen molar-refractivity contribution in [3.8, 4) is 5.75 Å². The predicted octanol–water partition coefficient (Wildman–Crippen LogP) is 2.33. The van der Waals surface area contributed by atoms with Gasteiger partial charge in [0, 0.05) is 37.5 Å². The molecule has 2 aromatic rings. The first kappa shape index (κ1) is 13.6. The maximum atomic E-state index is 11.6. The number of nitrogens with zero attached hydrogens (tertiary/aromatic N) is 2. The number of carbonyl (C=O) groups excluding carboxylic acids is 1. The monoisotopic (exact) mass is 300 g/mol. The summed E-state index contributed by atoms with van der Waals surface area (Å²) in [5.41, 5.74) is 0.808. The van der Waals surface area contributed by atoms with Crippen LogP contribution < -0.4 is 0 Å². The highest BCUT2D eigenvalue weighted by Crippen LogP contribution is 2.33. The highest BCUT2D eigenvalue weighted by atomic mass is 16.3. The Morgan fingerprint density at radius 1 is 1.27 bits per heavy atom. The summed E-state index contributed by atoms with van der Waals surface area (Å²) in [4.78, 5) is 16.0. The molecular formula is C17H20N2O3. The Morgan fingerprint density at radius 2 is 2.00 bits per heavy atom. The number of furan rings is 1. The lowest BCUT2D eigenvalue weighted by Gasteiger charge is -2.40. The van der Waals surface area contributed by atoms with E-state index < -0.39 is 0 Å². The molecule has 2 bridgehead atoms. The van der Waals surface area contributed by atoms with Crippen LogP contribution in [0.15, 0.2) is 28.7 Å². The Balaban J connectivity index is 1.54. The van der Waals surface area contributed by atoms with E-state index in [0.717, 1.165) is 49.2 Å². The van der Waals surface area contributed by atoms with Crippen LogP contribution in [0.1, 0.15) is 25.5 Å². The summed E-state index contributed by atoms with van der Waals surface area (Å²) in [5.74, 6) is 1.36. The molecule has 2 saturated heterocycles. The topological polar surface area (TPSA) is 56.9 Å². The number of phenolic OH excluding ortho intramolecular Hbond substituents is 1. The van der Waals surface area contributed by atoms with Crippen LogP contribution in [0.3, 0.4) is 0 Å². The van der Waals surface area contributed by atoms with Crippen molar-refractivity contribution in [2.24, 2.45) is 0 Å². The van der Waals surface area contributed by atoms with Gasteiger partial charge in [0.15, 0.2) is 0 Å². The van der Waals surface area contributed by atoms with Crippen molar-refractivity contribution in [1.29, 1.82) is 0 Å². The molecule has 116 valence electrons. The SMILES string of the molecule is CC(=O)N1C[C@H]2CC[C@@H](C1)N2Cc1cc2cc(O)ccc2o1. The zero-order valence-electron chi connectivity index (χ0n) is 12.7. The average molecular weight is 300 g/mol. The number of fused-ring (bicyclic) bond motifs is 3. The van der Waals surface area contributed by atoms with Gasteiger partial charge in [0.1, 0.15) is 17.1 Å². The van der Waals surface area contributed by atoms with Crippen LogP contribution in [0.25, 0.3) is 11.0 Å². The second-order valence-electron chi connectivity index (χ2n) is 6.42. The molecule has 4 rings (SSSR count). The van der Waals surface area contributed by atoms with E-state index in [1.807, 2.05) is 11.0 Å². The minimum Gasteiger partial charge on any atom is -0.508 e. The van der Waals surface area contributed by atoms with Crippen molar-refractivity contribution in [2.45, 2.75) is 38.4 Å². The number of aromatic hydroxyl groups is 1. The summed E-state index contributed by atoms with van der Waals surface area (Å²) in [6, 6.07) is 8.05. The molecule has 5 nitrogen and oxygen atoms in total. The zero-order chi connectivity index (χ0) is 15.3. The number of likely N-dealkylation sites (tertiary alicyclic amines) is 1. The van der Waals surface area contributed by atoms with Gasteiger partial charge in [-0.2, -0.15) is 0 Å². The number of amides is 1. The zero-order valence-corrected chi connectivity index (χ0v) is 12.7. The third-order valence-corrected chi connectivity index (χ3v) is 4.97. The molecule has 1 aromatic heterocycles. The largest absolute Gasteiger partial charge is 0.508 e. The van der Waals surface area contributed by atoms with Crippen LogP contribution in [-0.4, -0.2) is 46.0 Å². The Kier molecular flexibility index (Phi) is 3.11. The summed E-state index contributed by atoms with van der Waals surface area (Å²) in [7, 11) is 0. The standard InChI is InChI=1S/C17H20N2O3/c1-11(20)18-8-13-2-3-14(9-18)19(13)10-16-7-12-6-15(21)4-5-17(12)22-16/h4-7,13-14,21H,2-3,8-10H2,1H3/t13-,14+.